The van der Waals surface area contributed by atoms with Crippen molar-refractivity contribution >= 4 is 5.70 Å². The molecule has 15 heavy (non-hydrogen) atoms. The summed E-state index contributed by atoms with van der Waals surface area (Å²) < 4.78 is 5.62. The van der Waals surface area contributed by atoms with E-state index in [2.05, 4.69) is 23.5 Å². The monoisotopic (exact) mass is 201 g/mol. The summed E-state index contributed by atoms with van der Waals surface area (Å²) in [4.78, 5) is 0. The molecule has 1 aromatic carbocycles. The number of ether oxygens (including phenoxy) is 1. The van der Waals surface area contributed by atoms with Crippen LogP contribution in [-0.4, -0.2) is 6.61 Å². The standard InChI is InChI=1S/C13H15NO/c1-2-15-12-9-6-10-14-13(12)11-7-4-3-5-8-11/h3-8,10,14H,2,9H2,1H3. The molecule has 0 fully saturated rings. The summed E-state index contributed by atoms with van der Waals surface area (Å²) in [5, 5.41) is 3.24. The fourth-order valence-electron chi connectivity index (χ4n) is 1.65. The summed E-state index contributed by atoms with van der Waals surface area (Å²) in [6.45, 7) is 2.72. The van der Waals surface area contributed by atoms with Crippen LogP contribution in [0, 0.1) is 0 Å². The van der Waals surface area contributed by atoms with Crippen molar-refractivity contribution in [2.45, 2.75) is 13.3 Å². The van der Waals surface area contributed by atoms with E-state index in [0.717, 1.165) is 17.9 Å². The normalized spacial score (nSPS) is 15.0. The molecule has 1 N–H and O–H groups in total. The number of hydrogen-bond donors (Lipinski definition) is 1. The molecule has 0 saturated carbocycles. The molecule has 0 spiro atoms. The second-order valence-electron chi connectivity index (χ2n) is 3.35. The number of hydrogen-bond acceptors (Lipinski definition) is 2. The Balaban J connectivity index is 2.31. The molecule has 0 aliphatic carbocycles. The van der Waals surface area contributed by atoms with Crippen molar-refractivity contribution < 1.29 is 4.74 Å². The van der Waals surface area contributed by atoms with E-state index in [1.165, 1.54) is 5.56 Å². The Bertz CT molecular complexity index is 379. The van der Waals surface area contributed by atoms with Crippen molar-refractivity contribution in [2.75, 3.05) is 6.61 Å². The quantitative estimate of drug-likeness (QED) is 0.811. The Kier molecular flexibility index (Phi) is 3.08. The first kappa shape index (κ1) is 9.84. The average Bonchev–Trinajstić information content (AvgIpc) is 2.31. The van der Waals surface area contributed by atoms with Crippen molar-refractivity contribution in [3.8, 4) is 0 Å². The number of allylic oxidation sites excluding steroid dienone is 1. The van der Waals surface area contributed by atoms with Gasteiger partial charge >= 0.3 is 0 Å². The lowest BCUT2D eigenvalue weighted by atomic mass is 10.1. The lowest BCUT2D eigenvalue weighted by molar-refractivity contribution is 0.224. The Labute approximate surface area is 90.3 Å². The number of benzene rings is 1. The molecule has 0 atom stereocenters. The molecule has 0 unspecified atom stereocenters. The summed E-state index contributed by atoms with van der Waals surface area (Å²) in [7, 11) is 0. The molecular weight excluding hydrogens is 186 g/mol. The zero-order chi connectivity index (χ0) is 10.5. The molecule has 2 nitrogen and oxygen atoms in total. The molecule has 0 bridgehead atoms. The lowest BCUT2D eigenvalue weighted by Crippen LogP contribution is -2.12. The fraction of sp³-hybridized carbons (Fsp3) is 0.231. The summed E-state index contributed by atoms with van der Waals surface area (Å²) in [6, 6.07) is 10.3. The predicted octanol–water partition coefficient (Wildman–Crippen LogP) is 2.90. The van der Waals surface area contributed by atoms with Crippen LogP contribution in [0.25, 0.3) is 5.70 Å². The molecule has 1 aliphatic rings. The van der Waals surface area contributed by atoms with Crippen LogP contribution >= 0.6 is 0 Å². The molecule has 0 amide bonds. The molecule has 0 radical (unpaired) electrons. The van der Waals surface area contributed by atoms with Crippen molar-refractivity contribution in [1.82, 2.24) is 5.32 Å². The first-order valence-electron chi connectivity index (χ1n) is 5.24. The van der Waals surface area contributed by atoms with Gasteiger partial charge in [0.25, 0.3) is 0 Å². The molecule has 78 valence electrons. The largest absolute Gasteiger partial charge is 0.496 e. The SMILES string of the molecule is CCOC1=C(c2ccccc2)NC=CC1. The van der Waals surface area contributed by atoms with Crippen LogP contribution in [0.5, 0.6) is 0 Å². The van der Waals surface area contributed by atoms with Gasteiger partial charge < -0.3 is 10.1 Å². The molecular formula is C13H15NO. The van der Waals surface area contributed by atoms with Crippen molar-refractivity contribution in [2.24, 2.45) is 0 Å². The van der Waals surface area contributed by atoms with Crippen LogP contribution < -0.4 is 5.32 Å². The van der Waals surface area contributed by atoms with E-state index in [1.807, 2.05) is 31.3 Å². The molecule has 1 aromatic rings. The van der Waals surface area contributed by atoms with E-state index in [1.54, 1.807) is 0 Å². The highest BCUT2D eigenvalue weighted by Crippen LogP contribution is 2.22. The highest BCUT2D eigenvalue weighted by Gasteiger charge is 2.11. The maximum absolute atomic E-state index is 5.62. The second-order valence-corrected chi connectivity index (χ2v) is 3.35. The van der Waals surface area contributed by atoms with E-state index in [-0.39, 0.29) is 0 Å². The zero-order valence-electron chi connectivity index (χ0n) is 8.86. The van der Waals surface area contributed by atoms with Gasteiger partial charge in [0.15, 0.2) is 0 Å². The van der Waals surface area contributed by atoms with E-state index >= 15 is 0 Å². The molecule has 0 saturated heterocycles. The number of dihydropyridines is 1. The Morgan fingerprint density at radius 3 is 2.80 bits per heavy atom. The van der Waals surface area contributed by atoms with Gasteiger partial charge in [0.2, 0.25) is 0 Å². The first-order chi connectivity index (χ1) is 7.42. The van der Waals surface area contributed by atoms with Crippen molar-refractivity contribution in [3.05, 3.63) is 53.9 Å². The molecule has 0 aromatic heterocycles. The van der Waals surface area contributed by atoms with E-state index in [9.17, 15) is 0 Å². The first-order valence-corrected chi connectivity index (χ1v) is 5.24. The maximum atomic E-state index is 5.62. The van der Waals surface area contributed by atoms with Gasteiger partial charge in [-0.05, 0) is 13.1 Å². The third kappa shape index (κ3) is 2.21. The zero-order valence-corrected chi connectivity index (χ0v) is 8.86. The Morgan fingerprint density at radius 1 is 1.27 bits per heavy atom. The van der Waals surface area contributed by atoms with Gasteiger partial charge in [-0.1, -0.05) is 36.4 Å². The van der Waals surface area contributed by atoms with E-state index in [0.29, 0.717) is 6.61 Å². The third-order valence-electron chi connectivity index (χ3n) is 2.31. The molecule has 2 rings (SSSR count). The highest BCUT2D eigenvalue weighted by atomic mass is 16.5. The van der Waals surface area contributed by atoms with Crippen LogP contribution in [0.4, 0.5) is 0 Å². The summed E-state index contributed by atoms with van der Waals surface area (Å²) in [5.74, 6) is 1.02. The summed E-state index contributed by atoms with van der Waals surface area (Å²) in [6.07, 6.45) is 4.90. The lowest BCUT2D eigenvalue weighted by Gasteiger charge is -2.18. The fourth-order valence-corrected chi connectivity index (χ4v) is 1.65. The minimum Gasteiger partial charge on any atom is -0.496 e. The van der Waals surface area contributed by atoms with Gasteiger partial charge in [-0.3, -0.25) is 0 Å². The predicted molar refractivity (Wildman–Crippen MR) is 61.9 cm³/mol. The van der Waals surface area contributed by atoms with Gasteiger partial charge in [0.1, 0.15) is 5.76 Å². The summed E-state index contributed by atoms with van der Waals surface area (Å²) in [5.41, 5.74) is 2.25. The highest BCUT2D eigenvalue weighted by molar-refractivity contribution is 5.67. The average molecular weight is 201 g/mol. The van der Waals surface area contributed by atoms with E-state index in [4.69, 9.17) is 4.74 Å². The Hall–Kier alpha value is -1.70. The molecule has 1 heterocycles. The van der Waals surface area contributed by atoms with Crippen LogP contribution in [0.2, 0.25) is 0 Å². The molecule has 2 heteroatoms. The third-order valence-corrected chi connectivity index (χ3v) is 2.31. The maximum Gasteiger partial charge on any atom is 0.124 e. The van der Waals surface area contributed by atoms with Gasteiger partial charge in [-0.2, -0.15) is 0 Å². The topological polar surface area (TPSA) is 21.3 Å². The van der Waals surface area contributed by atoms with Crippen molar-refractivity contribution in [1.29, 1.82) is 0 Å². The van der Waals surface area contributed by atoms with Crippen LogP contribution in [0.1, 0.15) is 18.9 Å². The minimum atomic E-state index is 0.710. The van der Waals surface area contributed by atoms with Gasteiger partial charge in [0.05, 0.1) is 12.3 Å². The van der Waals surface area contributed by atoms with Gasteiger partial charge in [-0.25, -0.2) is 0 Å². The van der Waals surface area contributed by atoms with Gasteiger partial charge in [0, 0.05) is 12.0 Å². The molecule has 1 aliphatic heterocycles. The number of rotatable bonds is 3. The van der Waals surface area contributed by atoms with Gasteiger partial charge in [-0.15, -0.1) is 0 Å². The second kappa shape index (κ2) is 4.69. The van der Waals surface area contributed by atoms with Crippen molar-refractivity contribution in [3.63, 3.8) is 0 Å². The van der Waals surface area contributed by atoms with Crippen LogP contribution in [0.15, 0.2) is 48.4 Å². The van der Waals surface area contributed by atoms with Crippen LogP contribution in [0.3, 0.4) is 0 Å². The smallest absolute Gasteiger partial charge is 0.124 e. The Morgan fingerprint density at radius 2 is 2.07 bits per heavy atom. The van der Waals surface area contributed by atoms with Crippen LogP contribution in [-0.2, 0) is 4.74 Å². The summed E-state index contributed by atoms with van der Waals surface area (Å²) >= 11 is 0. The van der Waals surface area contributed by atoms with E-state index < -0.39 is 0 Å². The number of nitrogens with one attached hydrogen (secondary N) is 1. The minimum absolute atomic E-state index is 0.710.